The molecule has 3 rings (SSSR count). The van der Waals surface area contributed by atoms with Gasteiger partial charge in [0, 0.05) is 23.1 Å². The fourth-order valence-corrected chi connectivity index (χ4v) is 3.02. The third kappa shape index (κ3) is 6.74. The van der Waals surface area contributed by atoms with E-state index in [0.29, 0.717) is 35.2 Å². The molecule has 0 unspecified atom stereocenters. The maximum atomic E-state index is 12.2. The number of amides is 1. The Morgan fingerprint density at radius 2 is 2.10 bits per heavy atom. The average molecular weight is 446 g/mol. The van der Waals surface area contributed by atoms with Crippen molar-refractivity contribution in [3.63, 3.8) is 0 Å². The number of carbonyl (C=O) groups is 1. The van der Waals surface area contributed by atoms with Crippen LogP contribution in [0.2, 0.25) is 5.02 Å². The highest BCUT2D eigenvalue weighted by molar-refractivity contribution is 6.30. The van der Waals surface area contributed by atoms with E-state index in [-0.39, 0.29) is 37.2 Å². The number of halogens is 4. The molecule has 1 fully saturated rings. The first kappa shape index (κ1) is 22.1. The van der Waals surface area contributed by atoms with Crippen LogP contribution in [0.4, 0.5) is 13.2 Å². The summed E-state index contributed by atoms with van der Waals surface area (Å²) in [5.41, 5.74) is 0.441. The summed E-state index contributed by atoms with van der Waals surface area (Å²) in [5.74, 6) is 0.453. The Bertz CT molecular complexity index is 897. The van der Waals surface area contributed by atoms with E-state index in [9.17, 15) is 18.0 Å². The van der Waals surface area contributed by atoms with Gasteiger partial charge in [-0.2, -0.15) is 0 Å². The van der Waals surface area contributed by atoms with Gasteiger partial charge in [0.15, 0.2) is 6.61 Å². The Morgan fingerprint density at radius 3 is 2.80 bits per heavy atom. The summed E-state index contributed by atoms with van der Waals surface area (Å²) in [6, 6.07) is 6.68. The molecule has 0 radical (unpaired) electrons. The number of nitrogens with zero attached hydrogens (tertiary/aromatic N) is 2. The lowest BCUT2D eigenvalue weighted by Crippen LogP contribution is -2.34. The molecule has 7 nitrogen and oxygen atoms in total. The lowest BCUT2D eigenvalue weighted by molar-refractivity contribution is -0.352. The Balaban J connectivity index is 1.36. The molecule has 30 heavy (non-hydrogen) atoms. The number of allylic oxidation sites excluding steroid dienone is 1. The summed E-state index contributed by atoms with van der Waals surface area (Å²) < 4.78 is 51.2. The number of carbonyl (C=O) groups excluding carboxylic acids is 1. The second-order valence-corrected chi connectivity index (χ2v) is 7.22. The summed E-state index contributed by atoms with van der Waals surface area (Å²) in [6.45, 7) is 3.57. The van der Waals surface area contributed by atoms with Gasteiger partial charge in [0.05, 0.1) is 6.10 Å². The fourth-order valence-electron chi connectivity index (χ4n) is 2.84. The number of rotatable bonds is 9. The van der Waals surface area contributed by atoms with E-state index in [0.717, 1.165) is 0 Å². The standard InChI is InChI=1S/C19H19ClF3N3O4/c1-11(24-16(27)10-28-14-4-2-3-13(20)9-14)5-6-17-25-26-18(29-17)12-7-15(8-12)30-19(21,22)23/h2-4,9,12,15H,1,5-8,10H2,(H,24,27). The molecule has 0 aliphatic heterocycles. The second kappa shape index (κ2) is 9.48. The number of ether oxygens (including phenoxy) is 2. The molecular formula is C19H19ClF3N3O4. The minimum Gasteiger partial charge on any atom is -0.484 e. The second-order valence-electron chi connectivity index (χ2n) is 6.79. The number of aryl methyl sites for hydroxylation is 1. The molecule has 1 aromatic carbocycles. The van der Waals surface area contributed by atoms with Crippen LogP contribution in [0.3, 0.4) is 0 Å². The van der Waals surface area contributed by atoms with Gasteiger partial charge >= 0.3 is 6.36 Å². The monoisotopic (exact) mass is 445 g/mol. The first-order valence-electron chi connectivity index (χ1n) is 9.11. The third-order valence-corrected chi connectivity index (χ3v) is 4.58. The summed E-state index contributed by atoms with van der Waals surface area (Å²) >= 11 is 5.84. The zero-order valence-corrected chi connectivity index (χ0v) is 16.5. The van der Waals surface area contributed by atoms with Crippen LogP contribution in [0.1, 0.15) is 37.0 Å². The number of aromatic nitrogens is 2. The maximum absolute atomic E-state index is 12.2. The minimum atomic E-state index is -4.64. The van der Waals surface area contributed by atoms with Crippen LogP contribution in [-0.2, 0) is 16.0 Å². The first-order chi connectivity index (χ1) is 14.2. The van der Waals surface area contributed by atoms with Crippen molar-refractivity contribution in [2.24, 2.45) is 0 Å². The number of hydrogen-bond donors (Lipinski definition) is 1. The largest absolute Gasteiger partial charge is 0.522 e. The molecule has 1 aliphatic rings. The Hall–Kier alpha value is -2.59. The van der Waals surface area contributed by atoms with Crippen molar-refractivity contribution in [3.05, 3.63) is 53.3 Å². The van der Waals surface area contributed by atoms with E-state index in [1.807, 2.05) is 0 Å². The van der Waals surface area contributed by atoms with Crippen molar-refractivity contribution >= 4 is 17.5 Å². The Morgan fingerprint density at radius 1 is 1.33 bits per heavy atom. The topological polar surface area (TPSA) is 86.5 Å². The molecule has 0 atom stereocenters. The number of nitrogens with one attached hydrogen (secondary N) is 1. The van der Waals surface area contributed by atoms with E-state index in [2.05, 4.69) is 26.8 Å². The van der Waals surface area contributed by atoms with Crippen molar-refractivity contribution in [1.29, 1.82) is 0 Å². The van der Waals surface area contributed by atoms with Gasteiger partial charge in [-0.25, -0.2) is 0 Å². The van der Waals surface area contributed by atoms with Gasteiger partial charge in [0.2, 0.25) is 11.8 Å². The van der Waals surface area contributed by atoms with Gasteiger partial charge in [0.25, 0.3) is 5.91 Å². The first-order valence-corrected chi connectivity index (χ1v) is 9.48. The molecule has 0 saturated heterocycles. The smallest absolute Gasteiger partial charge is 0.484 e. The van der Waals surface area contributed by atoms with Crippen molar-refractivity contribution in [3.8, 4) is 5.75 Å². The third-order valence-electron chi connectivity index (χ3n) is 4.35. The predicted octanol–water partition coefficient (Wildman–Crippen LogP) is 4.15. The van der Waals surface area contributed by atoms with E-state index >= 15 is 0 Å². The Labute approximate surface area is 175 Å². The van der Waals surface area contributed by atoms with Crippen molar-refractivity contribution in [2.45, 2.75) is 44.1 Å². The van der Waals surface area contributed by atoms with Crippen LogP contribution >= 0.6 is 11.6 Å². The summed E-state index contributed by atoms with van der Waals surface area (Å²) in [5, 5.41) is 10.9. The average Bonchev–Trinajstić information content (AvgIpc) is 3.09. The van der Waals surface area contributed by atoms with Gasteiger partial charge in [-0.05, 0) is 37.5 Å². The normalized spacial score (nSPS) is 18.5. The molecule has 1 amide bonds. The SMILES string of the molecule is C=C(CCc1nnc(C2CC(OC(F)(F)F)C2)o1)NC(=O)COc1cccc(Cl)c1. The molecule has 0 spiro atoms. The van der Waals surface area contributed by atoms with Gasteiger partial charge in [-0.1, -0.05) is 24.2 Å². The van der Waals surface area contributed by atoms with Crippen molar-refractivity contribution in [1.82, 2.24) is 15.5 Å². The van der Waals surface area contributed by atoms with Gasteiger partial charge in [-0.3, -0.25) is 9.53 Å². The van der Waals surface area contributed by atoms with E-state index in [1.54, 1.807) is 24.3 Å². The molecular weight excluding hydrogens is 427 g/mol. The predicted molar refractivity (Wildman–Crippen MR) is 99.8 cm³/mol. The number of alkyl halides is 3. The molecule has 0 bridgehead atoms. The zero-order valence-electron chi connectivity index (χ0n) is 15.7. The van der Waals surface area contributed by atoms with Gasteiger partial charge in [-0.15, -0.1) is 23.4 Å². The molecule has 1 N–H and O–H groups in total. The summed E-state index contributed by atoms with van der Waals surface area (Å²) in [6.07, 6.45) is -4.48. The molecule has 1 saturated carbocycles. The highest BCUT2D eigenvalue weighted by Gasteiger charge is 2.42. The minimum absolute atomic E-state index is 0.177. The molecule has 2 aromatic rings. The van der Waals surface area contributed by atoms with Crippen LogP contribution in [0, 0.1) is 0 Å². The number of hydrogen-bond acceptors (Lipinski definition) is 6. The van der Waals surface area contributed by atoms with Crippen LogP contribution in [0.15, 0.2) is 41.0 Å². The number of benzene rings is 1. The van der Waals surface area contributed by atoms with E-state index < -0.39 is 12.5 Å². The van der Waals surface area contributed by atoms with E-state index in [4.69, 9.17) is 20.8 Å². The van der Waals surface area contributed by atoms with Crippen molar-refractivity contribution in [2.75, 3.05) is 6.61 Å². The summed E-state index contributed by atoms with van der Waals surface area (Å²) in [4.78, 5) is 11.9. The van der Waals surface area contributed by atoms with E-state index in [1.165, 1.54) is 0 Å². The molecule has 1 heterocycles. The summed E-state index contributed by atoms with van der Waals surface area (Å²) in [7, 11) is 0. The molecule has 11 heteroatoms. The highest BCUT2D eigenvalue weighted by atomic mass is 35.5. The lowest BCUT2D eigenvalue weighted by atomic mass is 9.82. The fraction of sp³-hybridized carbons (Fsp3) is 0.421. The van der Waals surface area contributed by atoms with Crippen LogP contribution in [-0.4, -0.2) is 35.2 Å². The highest BCUT2D eigenvalue weighted by Crippen LogP contribution is 2.40. The van der Waals surface area contributed by atoms with Crippen LogP contribution in [0.5, 0.6) is 5.75 Å². The zero-order chi connectivity index (χ0) is 21.7. The van der Waals surface area contributed by atoms with Gasteiger partial charge < -0.3 is 14.5 Å². The van der Waals surface area contributed by atoms with Crippen LogP contribution in [0.25, 0.3) is 0 Å². The Kier molecular flexibility index (Phi) is 6.99. The quantitative estimate of drug-likeness (QED) is 0.624. The van der Waals surface area contributed by atoms with Crippen molar-refractivity contribution < 1.29 is 31.9 Å². The van der Waals surface area contributed by atoms with Gasteiger partial charge in [0.1, 0.15) is 5.75 Å². The maximum Gasteiger partial charge on any atom is 0.522 e. The molecule has 162 valence electrons. The lowest BCUT2D eigenvalue weighted by Gasteiger charge is -2.32. The molecule has 1 aliphatic carbocycles. The molecule has 1 aromatic heterocycles. The van der Waals surface area contributed by atoms with Crippen LogP contribution < -0.4 is 10.1 Å².